The van der Waals surface area contributed by atoms with E-state index in [-0.39, 0.29) is 6.61 Å². The molecule has 0 amide bonds. The highest BCUT2D eigenvalue weighted by molar-refractivity contribution is 5.02. The van der Waals surface area contributed by atoms with Crippen molar-refractivity contribution in [3.63, 3.8) is 0 Å². The molecule has 0 aromatic heterocycles. The molecule has 3 heteroatoms. The van der Waals surface area contributed by atoms with Crippen molar-refractivity contribution >= 4 is 0 Å². The first-order valence-electron chi connectivity index (χ1n) is 5.34. The zero-order valence-electron chi connectivity index (χ0n) is 8.21. The Labute approximate surface area is 79.9 Å². The predicted octanol–water partition coefficient (Wildman–Crippen LogP) is 0.0395. The Kier molecular flexibility index (Phi) is 2.58. The van der Waals surface area contributed by atoms with Gasteiger partial charge in [0.15, 0.2) is 0 Å². The third kappa shape index (κ3) is 1.73. The van der Waals surface area contributed by atoms with Crippen LogP contribution in [0.3, 0.4) is 0 Å². The molecular weight excluding hydrogens is 164 g/mol. The number of nitrogens with two attached hydrogens (primary N) is 1. The summed E-state index contributed by atoms with van der Waals surface area (Å²) in [7, 11) is 0. The molecule has 1 spiro atoms. The van der Waals surface area contributed by atoms with E-state index >= 15 is 0 Å². The summed E-state index contributed by atoms with van der Waals surface area (Å²) < 4.78 is 0. The van der Waals surface area contributed by atoms with E-state index in [1.165, 1.54) is 19.3 Å². The van der Waals surface area contributed by atoms with E-state index in [0.29, 0.717) is 11.3 Å². The van der Waals surface area contributed by atoms with Gasteiger partial charge in [-0.1, -0.05) is 0 Å². The van der Waals surface area contributed by atoms with Gasteiger partial charge in [0.05, 0.1) is 6.61 Å². The first kappa shape index (κ1) is 9.44. The summed E-state index contributed by atoms with van der Waals surface area (Å²) in [5.41, 5.74) is 6.41. The van der Waals surface area contributed by atoms with Crippen LogP contribution in [0.5, 0.6) is 0 Å². The van der Waals surface area contributed by atoms with Gasteiger partial charge < -0.3 is 15.7 Å². The maximum atomic E-state index is 8.85. The number of nitrogens with zero attached hydrogens (tertiary/aromatic N) is 1. The topological polar surface area (TPSA) is 49.5 Å². The highest BCUT2D eigenvalue weighted by atomic mass is 16.3. The van der Waals surface area contributed by atoms with Gasteiger partial charge in [0.2, 0.25) is 0 Å². The Bertz CT molecular complexity index is 180. The lowest BCUT2D eigenvalue weighted by molar-refractivity contribution is 0.0909. The minimum atomic E-state index is 0.282. The summed E-state index contributed by atoms with van der Waals surface area (Å²) in [4.78, 5) is 2.35. The van der Waals surface area contributed by atoms with E-state index in [4.69, 9.17) is 10.8 Å². The van der Waals surface area contributed by atoms with Crippen LogP contribution < -0.4 is 5.73 Å². The lowest BCUT2D eigenvalue weighted by Gasteiger charge is -2.38. The zero-order valence-corrected chi connectivity index (χ0v) is 8.21. The highest BCUT2D eigenvalue weighted by Crippen LogP contribution is 2.56. The second-order valence-electron chi connectivity index (χ2n) is 4.57. The molecule has 76 valence electrons. The van der Waals surface area contributed by atoms with E-state index < -0.39 is 0 Å². The van der Waals surface area contributed by atoms with Crippen LogP contribution in [-0.2, 0) is 0 Å². The number of hydrogen-bond acceptors (Lipinski definition) is 3. The number of piperidine rings is 1. The van der Waals surface area contributed by atoms with Crippen LogP contribution in [0.1, 0.15) is 19.3 Å². The Morgan fingerprint density at radius 1 is 1.38 bits per heavy atom. The van der Waals surface area contributed by atoms with Crippen LogP contribution in [0.2, 0.25) is 0 Å². The molecule has 3 N–H and O–H groups in total. The van der Waals surface area contributed by atoms with Crippen LogP contribution in [0.15, 0.2) is 0 Å². The Morgan fingerprint density at radius 3 is 2.69 bits per heavy atom. The molecular formula is C10H20N2O. The molecule has 1 saturated heterocycles. The number of aliphatic hydroxyl groups excluding tert-OH is 1. The van der Waals surface area contributed by atoms with Crippen molar-refractivity contribution in [1.82, 2.24) is 4.90 Å². The minimum absolute atomic E-state index is 0.282. The van der Waals surface area contributed by atoms with E-state index in [2.05, 4.69) is 4.90 Å². The molecule has 1 atom stereocenters. The molecule has 13 heavy (non-hydrogen) atoms. The molecule has 1 aliphatic heterocycles. The second kappa shape index (κ2) is 3.56. The summed E-state index contributed by atoms with van der Waals surface area (Å²) in [6.07, 6.45) is 4.08. The molecule has 1 unspecified atom stereocenters. The van der Waals surface area contributed by atoms with Crippen molar-refractivity contribution in [3.05, 3.63) is 0 Å². The first-order chi connectivity index (χ1) is 6.30. The quantitative estimate of drug-likeness (QED) is 0.651. The molecule has 1 aliphatic carbocycles. The normalized spacial score (nSPS) is 32.3. The van der Waals surface area contributed by atoms with Crippen molar-refractivity contribution < 1.29 is 5.11 Å². The summed E-state index contributed by atoms with van der Waals surface area (Å²) in [5.74, 6) is 0.688. The molecule has 3 nitrogen and oxygen atoms in total. The van der Waals surface area contributed by atoms with Gasteiger partial charge in [0.1, 0.15) is 0 Å². The van der Waals surface area contributed by atoms with Gasteiger partial charge in [-0.15, -0.1) is 0 Å². The molecule has 0 aromatic carbocycles. The Balaban J connectivity index is 1.90. The average molecular weight is 184 g/mol. The summed E-state index contributed by atoms with van der Waals surface area (Å²) in [5, 5.41) is 8.85. The van der Waals surface area contributed by atoms with Gasteiger partial charge in [0, 0.05) is 13.1 Å². The largest absolute Gasteiger partial charge is 0.395 e. The second-order valence-corrected chi connectivity index (χ2v) is 4.57. The van der Waals surface area contributed by atoms with Crippen molar-refractivity contribution in [3.8, 4) is 0 Å². The Morgan fingerprint density at radius 2 is 2.15 bits per heavy atom. The van der Waals surface area contributed by atoms with Crippen LogP contribution in [0.25, 0.3) is 0 Å². The fourth-order valence-corrected chi connectivity index (χ4v) is 2.67. The molecule has 0 radical (unpaired) electrons. The van der Waals surface area contributed by atoms with E-state index in [1.807, 2.05) is 0 Å². The first-order valence-corrected chi connectivity index (χ1v) is 5.34. The van der Waals surface area contributed by atoms with Crippen molar-refractivity contribution in [2.45, 2.75) is 19.3 Å². The molecule has 2 fully saturated rings. The van der Waals surface area contributed by atoms with Crippen LogP contribution in [0.4, 0.5) is 0 Å². The van der Waals surface area contributed by atoms with E-state index in [0.717, 1.165) is 26.2 Å². The molecule has 0 bridgehead atoms. The summed E-state index contributed by atoms with van der Waals surface area (Å²) in [6, 6.07) is 0. The average Bonchev–Trinajstić information content (AvgIpc) is 2.90. The standard InChI is InChI=1S/C10H20N2O/c11-7-9-8-12(5-6-13)4-3-10(9)1-2-10/h9,13H,1-8,11H2. The molecule has 1 saturated carbocycles. The maximum Gasteiger partial charge on any atom is 0.0558 e. The fraction of sp³-hybridized carbons (Fsp3) is 1.00. The fourth-order valence-electron chi connectivity index (χ4n) is 2.67. The van der Waals surface area contributed by atoms with Crippen molar-refractivity contribution in [2.75, 3.05) is 32.8 Å². The number of rotatable bonds is 3. The predicted molar refractivity (Wildman–Crippen MR) is 52.4 cm³/mol. The van der Waals surface area contributed by atoms with Gasteiger partial charge in [-0.05, 0) is 43.7 Å². The number of aliphatic hydroxyl groups is 1. The monoisotopic (exact) mass is 184 g/mol. The van der Waals surface area contributed by atoms with Gasteiger partial charge in [0.25, 0.3) is 0 Å². The van der Waals surface area contributed by atoms with Gasteiger partial charge in [-0.25, -0.2) is 0 Å². The SMILES string of the molecule is NCC1CN(CCO)CCC12CC2. The minimum Gasteiger partial charge on any atom is -0.395 e. The van der Waals surface area contributed by atoms with E-state index in [1.54, 1.807) is 0 Å². The molecule has 2 rings (SSSR count). The van der Waals surface area contributed by atoms with Crippen molar-refractivity contribution in [2.24, 2.45) is 17.1 Å². The molecule has 1 heterocycles. The smallest absolute Gasteiger partial charge is 0.0558 e. The maximum absolute atomic E-state index is 8.85. The van der Waals surface area contributed by atoms with Gasteiger partial charge in [-0.2, -0.15) is 0 Å². The van der Waals surface area contributed by atoms with Crippen LogP contribution in [0, 0.1) is 11.3 Å². The van der Waals surface area contributed by atoms with Crippen molar-refractivity contribution in [1.29, 1.82) is 0 Å². The zero-order chi connectivity index (χ0) is 9.31. The lowest BCUT2D eigenvalue weighted by Crippen LogP contribution is -2.45. The van der Waals surface area contributed by atoms with E-state index in [9.17, 15) is 0 Å². The lowest BCUT2D eigenvalue weighted by atomic mass is 9.82. The van der Waals surface area contributed by atoms with Gasteiger partial charge in [-0.3, -0.25) is 0 Å². The van der Waals surface area contributed by atoms with Crippen LogP contribution >= 0.6 is 0 Å². The van der Waals surface area contributed by atoms with Crippen LogP contribution in [-0.4, -0.2) is 42.8 Å². The highest BCUT2D eigenvalue weighted by Gasteiger charge is 2.50. The number of likely N-dealkylation sites (tertiary alicyclic amines) is 1. The Hall–Kier alpha value is -0.120. The third-order valence-corrected chi connectivity index (χ3v) is 3.86. The summed E-state index contributed by atoms with van der Waals surface area (Å²) >= 11 is 0. The number of β-amino-alcohol motifs (C(OH)–C–C–N with tert-alkyl or cyclic N) is 1. The molecule has 0 aromatic rings. The third-order valence-electron chi connectivity index (χ3n) is 3.86. The molecule has 2 aliphatic rings. The summed E-state index contributed by atoms with van der Waals surface area (Å²) in [6.45, 7) is 4.20. The van der Waals surface area contributed by atoms with Gasteiger partial charge >= 0.3 is 0 Å². The number of hydrogen-bond donors (Lipinski definition) is 2.